The minimum atomic E-state index is -0.855. The van der Waals surface area contributed by atoms with Crippen LogP contribution in [0.4, 0.5) is 4.39 Å². The number of fused-ring (bicyclic) bond motifs is 1. The van der Waals surface area contributed by atoms with E-state index in [0.717, 1.165) is 13.0 Å². The monoisotopic (exact) mass is 465 g/mol. The van der Waals surface area contributed by atoms with Gasteiger partial charge in [0, 0.05) is 31.6 Å². The van der Waals surface area contributed by atoms with Crippen molar-refractivity contribution in [3.63, 3.8) is 0 Å². The Morgan fingerprint density at radius 2 is 2.06 bits per heavy atom. The summed E-state index contributed by atoms with van der Waals surface area (Å²) in [6.07, 6.45) is -0.0967. The molecule has 2 aliphatic rings. The molecular formula is C26H28FN3O4. The van der Waals surface area contributed by atoms with Gasteiger partial charge in [-0.3, -0.25) is 9.69 Å². The second-order valence-electron chi connectivity index (χ2n) is 9.11. The van der Waals surface area contributed by atoms with Crippen molar-refractivity contribution in [3.05, 3.63) is 83.0 Å². The molecule has 0 bridgehead atoms. The Morgan fingerprint density at radius 1 is 1.24 bits per heavy atom. The summed E-state index contributed by atoms with van der Waals surface area (Å²) in [4.78, 5) is 15.0. The first-order valence-electron chi connectivity index (χ1n) is 11.6. The quantitative estimate of drug-likeness (QED) is 0.582. The number of aliphatic hydroxyl groups excluding tert-OH is 1. The van der Waals surface area contributed by atoms with Crippen molar-refractivity contribution in [2.45, 2.75) is 57.0 Å². The van der Waals surface area contributed by atoms with Crippen LogP contribution in [0, 0.1) is 12.7 Å². The predicted octanol–water partition coefficient (Wildman–Crippen LogP) is 2.79. The number of halogens is 1. The van der Waals surface area contributed by atoms with Crippen LogP contribution in [0.2, 0.25) is 0 Å². The minimum absolute atomic E-state index is 0.0679. The van der Waals surface area contributed by atoms with E-state index in [2.05, 4.69) is 27.5 Å². The summed E-state index contributed by atoms with van der Waals surface area (Å²) in [6.45, 7) is 3.24. The van der Waals surface area contributed by atoms with Gasteiger partial charge in [-0.1, -0.05) is 35.5 Å². The van der Waals surface area contributed by atoms with Crippen LogP contribution in [0.1, 0.15) is 29.0 Å². The number of hydrogen-bond donors (Lipinski definition) is 2. The number of nitrogens with zero attached hydrogens (tertiary/aromatic N) is 2. The fourth-order valence-electron chi connectivity index (χ4n) is 5.12. The number of hydrogen-bond acceptors (Lipinski definition) is 6. The molecular weight excluding hydrogens is 437 g/mol. The number of carbonyl (C=O) groups excluding carboxylic acids is 1. The molecule has 1 aliphatic carbocycles. The van der Waals surface area contributed by atoms with Gasteiger partial charge < -0.3 is 19.7 Å². The SMILES string of the molecule is Cc1cc(CC(=O)N[C@@H]2C[C@@H](Oc3cccc(F)c3)[C@H](O)[C@H]2N2CCc3ccccc3C2)on1. The highest BCUT2D eigenvalue weighted by molar-refractivity contribution is 5.78. The summed E-state index contributed by atoms with van der Waals surface area (Å²) in [5.41, 5.74) is 3.24. The first-order chi connectivity index (χ1) is 16.5. The number of aryl methyl sites for hydroxylation is 1. The molecule has 1 aliphatic heterocycles. The van der Waals surface area contributed by atoms with Crippen molar-refractivity contribution < 1.29 is 23.6 Å². The number of nitrogens with one attached hydrogen (secondary N) is 1. The smallest absolute Gasteiger partial charge is 0.228 e. The van der Waals surface area contributed by atoms with Gasteiger partial charge in [0.15, 0.2) is 0 Å². The fraction of sp³-hybridized carbons (Fsp3) is 0.385. The number of carbonyl (C=O) groups is 1. The second-order valence-corrected chi connectivity index (χ2v) is 9.11. The molecule has 178 valence electrons. The lowest BCUT2D eigenvalue weighted by Gasteiger charge is -2.38. The number of aromatic nitrogens is 1. The van der Waals surface area contributed by atoms with Crippen molar-refractivity contribution in [2.75, 3.05) is 6.54 Å². The molecule has 8 heteroatoms. The highest BCUT2D eigenvalue weighted by Crippen LogP contribution is 2.32. The zero-order valence-electron chi connectivity index (χ0n) is 19.0. The van der Waals surface area contributed by atoms with Gasteiger partial charge in [-0.05, 0) is 36.6 Å². The average molecular weight is 466 g/mol. The lowest BCUT2D eigenvalue weighted by atomic mass is 9.97. The molecule has 1 fully saturated rings. The highest BCUT2D eigenvalue weighted by atomic mass is 19.1. The maximum Gasteiger partial charge on any atom is 0.228 e. The molecule has 0 saturated heterocycles. The van der Waals surface area contributed by atoms with E-state index in [1.165, 1.54) is 23.3 Å². The van der Waals surface area contributed by atoms with Gasteiger partial charge in [0.2, 0.25) is 5.91 Å². The Balaban J connectivity index is 1.35. The third-order valence-electron chi connectivity index (χ3n) is 6.65. The standard InChI is InChI=1S/C26H28FN3O4/c1-16-11-21(34-29-16)13-24(31)28-22-14-23(33-20-8-4-7-19(27)12-20)26(32)25(22)30-10-9-17-5-2-3-6-18(17)15-30/h2-8,11-12,22-23,25-26,32H,9-10,13-15H2,1H3,(H,28,31)/t22-,23-,25+,26+/m1/s1. The Bertz CT molecular complexity index is 1170. The Morgan fingerprint density at radius 3 is 2.82 bits per heavy atom. The molecule has 2 heterocycles. The van der Waals surface area contributed by atoms with E-state index in [4.69, 9.17) is 9.26 Å². The summed E-state index contributed by atoms with van der Waals surface area (Å²) < 4.78 is 24.9. The average Bonchev–Trinajstić information content (AvgIpc) is 3.35. The van der Waals surface area contributed by atoms with Crippen molar-refractivity contribution in [1.82, 2.24) is 15.4 Å². The van der Waals surface area contributed by atoms with Crippen LogP contribution in [-0.4, -0.2) is 51.9 Å². The molecule has 2 aromatic carbocycles. The summed E-state index contributed by atoms with van der Waals surface area (Å²) in [5, 5.41) is 18.2. The molecule has 1 aromatic heterocycles. The summed E-state index contributed by atoms with van der Waals surface area (Å²) >= 11 is 0. The number of ether oxygens (including phenoxy) is 1. The molecule has 0 unspecified atom stereocenters. The number of amides is 1. The Labute approximate surface area is 197 Å². The lowest BCUT2D eigenvalue weighted by Crippen LogP contribution is -2.54. The molecule has 3 aromatic rings. The predicted molar refractivity (Wildman–Crippen MR) is 123 cm³/mol. The van der Waals surface area contributed by atoms with Crippen LogP contribution < -0.4 is 10.1 Å². The van der Waals surface area contributed by atoms with Crippen molar-refractivity contribution in [1.29, 1.82) is 0 Å². The van der Waals surface area contributed by atoms with Crippen LogP contribution in [0.15, 0.2) is 59.1 Å². The van der Waals surface area contributed by atoms with Crippen LogP contribution in [-0.2, 0) is 24.2 Å². The zero-order valence-corrected chi connectivity index (χ0v) is 19.0. The van der Waals surface area contributed by atoms with Crippen LogP contribution in [0.25, 0.3) is 0 Å². The molecule has 34 heavy (non-hydrogen) atoms. The molecule has 2 N–H and O–H groups in total. The van der Waals surface area contributed by atoms with Gasteiger partial charge in [0.05, 0.1) is 24.2 Å². The van der Waals surface area contributed by atoms with Gasteiger partial charge >= 0.3 is 0 Å². The molecule has 4 atom stereocenters. The summed E-state index contributed by atoms with van der Waals surface area (Å²) in [6, 6.07) is 15.2. The second kappa shape index (κ2) is 9.56. The van der Waals surface area contributed by atoms with Crippen LogP contribution in [0.3, 0.4) is 0 Å². The van der Waals surface area contributed by atoms with E-state index < -0.39 is 18.0 Å². The Hall–Kier alpha value is -3.23. The topological polar surface area (TPSA) is 87.8 Å². The van der Waals surface area contributed by atoms with E-state index in [1.807, 2.05) is 12.1 Å². The number of aliphatic hydroxyl groups is 1. The molecule has 0 radical (unpaired) electrons. The van der Waals surface area contributed by atoms with E-state index >= 15 is 0 Å². The van der Waals surface area contributed by atoms with Crippen LogP contribution >= 0.6 is 0 Å². The molecule has 1 saturated carbocycles. The first-order valence-corrected chi connectivity index (χ1v) is 11.6. The van der Waals surface area contributed by atoms with E-state index in [9.17, 15) is 14.3 Å². The third kappa shape index (κ3) is 4.83. The maximum absolute atomic E-state index is 13.7. The van der Waals surface area contributed by atoms with Gasteiger partial charge in [0.1, 0.15) is 29.5 Å². The molecule has 5 rings (SSSR count). The summed E-state index contributed by atoms with van der Waals surface area (Å²) in [5.74, 6) is 0.240. The first kappa shape index (κ1) is 22.6. The van der Waals surface area contributed by atoms with Gasteiger partial charge in [0.25, 0.3) is 0 Å². The summed E-state index contributed by atoms with van der Waals surface area (Å²) in [7, 11) is 0. The third-order valence-corrected chi connectivity index (χ3v) is 6.65. The van der Waals surface area contributed by atoms with Crippen molar-refractivity contribution in [3.8, 4) is 5.75 Å². The maximum atomic E-state index is 13.7. The Kier molecular flexibility index (Phi) is 6.34. The normalized spacial score (nSPS) is 24.6. The minimum Gasteiger partial charge on any atom is -0.487 e. The number of rotatable bonds is 6. The van der Waals surface area contributed by atoms with E-state index in [0.29, 0.717) is 30.2 Å². The largest absolute Gasteiger partial charge is 0.487 e. The number of benzene rings is 2. The van der Waals surface area contributed by atoms with Crippen LogP contribution in [0.5, 0.6) is 5.75 Å². The van der Waals surface area contributed by atoms with Crippen molar-refractivity contribution >= 4 is 5.91 Å². The van der Waals surface area contributed by atoms with Gasteiger partial charge in [-0.25, -0.2) is 4.39 Å². The molecule has 7 nitrogen and oxygen atoms in total. The zero-order chi connectivity index (χ0) is 23.7. The highest BCUT2D eigenvalue weighted by Gasteiger charge is 2.48. The molecule has 0 spiro atoms. The van der Waals surface area contributed by atoms with Gasteiger partial charge in [-0.2, -0.15) is 0 Å². The van der Waals surface area contributed by atoms with E-state index in [1.54, 1.807) is 25.1 Å². The fourth-order valence-corrected chi connectivity index (χ4v) is 5.12. The lowest BCUT2D eigenvalue weighted by molar-refractivity contribution is -0.122. The van der Waals surface area contributed by atoms with E-state index in [-0.39, 0.29) is 24.4 Å². The molecule has 1 amide bonds. The van der Waals surface area contributed by atoms with Crippen molar-refractivity contribution in [2.24, 2.45) is 0 Å². The van der Waals surface area contributed by atoms with Gasteiger partial charge in [-0.15, -0.1) is 0 Å².